The predicted octanol–water partition coefficient (Wildman–Crippen LogP) is 3.73. The molecule has 0 amide bonds. The highest BCUT2D eigenvalue weighted by atomic mass is 32.1. The Morgan fingerprint density at radius 1 is 1.06 bits per heavy atom. The summed E-state index contributed by atoms with van der Waals surface area (Å²) >= 11 is 5.88. The zero-order valence-electron chi connectivity index (χ0n) is 18.2. The number of benzene rings is 2. The number of fused-ring (bicyclic) bond motifs is 1. The van der Waals surface area contributed by atoms with Gasteiger partial charge in [-0.1, -0.05) is 6.07 Å². The number of hydrogen-bond acceptors (Lipinski definition) is 6. The normalized spacial score (nSPS) is 16.1. The van der Waals surface area contributed by atoms with Crippen molar-refractivity contribution in [3.8, 4) is 23.0 Å². The van der Waals surface area contributed by atoms with Gasteiger partial charge < -0.3 is 34.1 Å². The van der Waals surface area contributed by atoms with Crippen LogP contribution in [0.5, 0.6) is 23.0 Å². The number of nitrogens with zero attached hydrogens (tertiary/aromatic N) is 2. The Morgan fingerprint density at radius 3 is 2.55 bits per heavy atom. The van der Waals surface area contributed by atoms with Gasteiger partial charge in [0.05, 0.1) is 14.2 Å². The van der Waals surface area contributed by atoms with Crippen molar-refractivity contribution < 1.29 is 18.9 Å². The van der Waals surface area contributed by atoms with Crippen LogP contribution in [-0.2, 0) is 6.54 Å². The number of hydrogen-bond donors (Lipinski definition) is 1. The van der Waals surface area contributed by atoms with E-state index in [0.29, 0.717) is 29.2 Å². The van der Waals surface area contributed by atoms with Crippen molar-refractivity contribution in [3.63, 3.8) is 0 Å². The lowest BCUT2D eigenvalue weighted by molar-refractivity contribution is 0.172. The number of nitrogens with one attached hydrogen (secondary N) is 1. The molecule has 0 bridgehead atoms. The van der Waals surface area contributed by atoms with Gasteiger partial charge in [-0.15, -0.1) is 0 Å². The van der Waals surface area contributed by atoms with Gasteiger partial charge in [0.15, 0.2) is 28.1 Å². The summed E-state index contributed by atoms with van der Waals surface area (Å²) in [6.45, 7) is 3.09. The number of piperidine rings is 1. The molecule has 8 heteroatoms. The Kier molecular flexibility index (Phi) is 6.67. The average molecular weight is 444 g/mol. The molecule has 2 aromatic carbocycles. The van der Waals surface area contributed by atoms with Crippen LogP contribution in [0.4, 0.5) is 5.69 Å². The molecule has 1 N–H and O–H groups in total. The summed E-state index contributed by atoms with van der Waals surface area (Å²) in [4.78, 5) is 4.65. The molecular formula is C23H29N3O4S. The molecule has 1 saturated heterocycles. The maximum absolute atomic E-state index is 5.88. The Hall–Kier alpha value is -2.71. The van der Waals surface area contributed by atoms with Gasteiger partial charge in [-0.25, -0.2) is 0 Å². The second kappa shape index (κ2) is 9.62. The molecule has 2 aliphatic rings. The van der Waals surface area contributed by atoms with E-state index in [0.717, 1.165) is 48.7 Å². The minimum atomic E-state index is 0.275. The van der Waals surface area contributed by atoms with Crippen molar-refractivity contribution in [2.45, 2.75) is 25.4 Å². The van der Waals surface area contributed by atoms with E-state index in [-0.39, 0.29) is 6.79 Å². The third kappa shape index (κ3) is 4.97. The van der Waals surface area contributed by atoms with E-state index < -0.39 is 0 Å². The first-order chi connectivity index (χ1) is 15.1. The summed E-state index contributed by atoms with van der Waals surface area (Å²) in [5, 5.41) is 4.10. The lowest BCUT2D eigenvalue weighted by atomic mass is 10.0. The van der Waals surface area contributed by atoms with Gasteiger partial charge in [-0.2, -0.15) is 0 Å². The van der Waals surface area contributed by atoms with Gasteiger partial charge in [0.2, 0.25) is 6.79 Å². The fraction of sp³-hybridized carbons (Fsp3) is 0.435. The van der Waals surface area contributed by atoms with Gasteiger partial charge in [0.1, 0.15) is 0 Å². The van der Waals surface area contributed by atoms with Gasteiger partial charge in [-0.05, 0) is 75.0 Å². The Labute approximate surface area is 188 Å². The summed E-state index contributed by atoms with van der Waals surface area (Å²) in [6.07, 6.45) is 2.13. The van der Waals surface area contributed by atoms with Crippen molar-refractivity contribution >= 4 is 23.0 Å². The zero-order chi connectivity index (χ0) is 21.8. The second-order valence-electron chi connectivity index (χ2n) is 7.85. The lowest BCUT2D eigenvalue weighted by Gasteiger charge is -2.39. The zero-order valence-corrected chi connectivity index (χ0v) is 19.0. The highest BCUT2D eigenvalue weighted by Crippen LogP contribution is 2.34. The number of thiocarbonyl (C=S) groups is 1. The molecule has 2 aliphatic heterocycles. The van der Waals surface area contributed by atoms with Crippen LogP contribution in [0.25, 0.3) is 0 Å². The van der Waals surface area contributed by atoms with Crippen LogP contribution in [0.15, 0.2) is 36.4 Å². The fourth-order valence-corrected chi connectivity index (χ4v) is 4.35. The maximum atomic E-state index is 5.88. The number of likely N-dealkylation sites (tertiary alicyclic amines) is 1. The molecule has 0 unspecified atom stereocenters. The third-order valence-electron chi connectivity index (χ3n) is 5.81. The van der Waals surface area contributed by atoms with E-state index in [1.54, 1.807) is 14.2 Å². The summed E-state index contributed by atoms with van der Waals surface area (Å²) in [6, 6.07) is 12.2. The standard InChI is InChI=1S/C23H29N3O4S/c1-25-10-8-18(9-11-25)26(14-16-4-6-20-22(12-16)30-15-29-20)23(31)24-17-5-7-19(27-2)21(13-17)28-3/h4-7,12-13,18H,8-11,14-15H2,1-3H3,(H,24,31). The van der Waals surface area contributed by atoms with Crippen molar-refractivity contribution in [3.05, 3.63) is 42.0 Å². The maximum Gasteiger partial charge on any atom is 0.231 e. The van der Waals surface area contributed by atoms with Crippen molar-refractivity contribution in [2.24, 2.45) is 0 Å². The highest BCUT2D eigenvalue weighted by Gasteiger charge is 2.26. The molecule has 2 heterocycles. The first kappa shape index (κ1) is 21.5. The number of methoxy groups -OCH3 is 2. The fourth-order valence-electron chi connectivity index (χ4n) is 4.02. The van der Waals surface area contributed by atoms with Crippen LogP contribution in [0, 0.1) is 0 Å². The highest BCUT2D eigenvalue weighted by molar-refractivity contribution is 7.80. The largest absolute Gasteiger partial charge is 0.493 e. The van der Waals surface area contributed by atoms with Crippen LogP contribution in [0.3, 0.4) is 0 Å². The molecular weight excluding hydrogens is 414 g/mol. The van der Waals surface area contributed by atoms with Crippen LogP contribution in [-0.4, -0.2) is 62.1 Å². The molecule has 7 nitrogen and oxygen atoms in total. The van der Waals surface area contributed by atoms with E-state index in [4.69, 9.17) is 31.2 Å². The van der Waals surface area contributed by atoms with E-state index in [1.165, 1.54) is 0 Å². The summed E-state index contributed by atoms with van der Waals surface area (Å²) in [5.41, 5.74) is 2.01. The smallest absolute Gasteiger partial charge is 0.231 e. The lowest BCUT2D eigenvalue weighted by Crippen LogP contribution is -2.47. The van der Waals surface area contributed by atoms with E-state index in [9.17, 15) is 0 Å². The SMILES string of the molecule is COc1ccc(NC(=S)N(Cc2ccc3c(c2)OCO3)C2CCN(C)CC2)cc1OC. The monoisotopic (exact) mass is 443 g/mol. The molecule has 0 atom stereocenters. The minimum absolute atomic E-state index is 0.275. The molecule has 0 aliphatic carbocycles. The van der Waals surface area contributed by atoms with E-state index in [2.05, 4.69) is 28.2 Å². The summed E-state index contributed by atoms with van der Waals surface area (Å²) in [7, 11) is 5.42. The van der Waals surface area contributed by atoms with Crippen LogP contribution < -0.4 is 24.3 Å². The van der Waals surface area contributed by atoms with Gasteiger partial charge in [0.25, 0.3) is 0 Å². The molecule has 166 valence electrons. The molecule has 0 radical (unpaired) electrons. The Bertz CT molecular complexity index is 931. The number of rotatable bonds is 6. The third-order valence-corrected chi connectivity index (χ3v) is 6.15. The molecule has 0 spiro atoms. The first-order valence-electron chi connectivity index (χ1n) is 10.4. The molecule has 31 heavy (non-hydrogen) atoms. The van der Waals surface area contributed by atoms with Crippen molar-refractivity contribution in [1.29, 1.82) is 0 Å². The number of ether oxygens (including phenoxy) is 4. The van der Waals surface area contributed by atoms with E-state index >= 15 is 0 Å². The molecule has 1 fully saturated rings. The predicted molar refractivity (Wildman–Crippen MR) is 124 cm³/mol. The quantitative estimate of drug-likeness (QED) is 0.678. The van der Waals surface area contributed by atoms with Crippen LogP contribution in [0.2, 0.25) is 0 Å². The second-order valence-corrected chi connectivity index (χ2v) is 8.24. The van der Waals surface area contributed by atoms with Crippen molar-refractivity contribution in [1.82, 2.24) is 9.80 Å². The molecule has 4 rings (SSSR count). The molecule has 2 aromatic rings. The Balaban J connectivity index is 1.54. The molecule has 0 saturated carbocycles. The van der Waals surface area contributed by atoms with Crippen LogP contribution in [0.1, 0.15) is 18.4 Å². The van der Waals surface area contributed by atoms with Crippen LogP contribution >= 0.6 is 12.2 Å². The van der Waals surface area contributed by atoms with Gasteiger partial charge in [0, 0.05) is 24.3 Å². The number of anilines is 1. The molecule has 0 aromatic heterocycles. The van der Waals surface area contributed by atoms with Gasteiger partial charge in [-0.3, -0.25) is 0 Å². The van der Waals surface area contributed by atoms with Gasteiger partial charge >= 0.3 is 0 Å². The minimum Gasteiger partial charge on any atom is -0.493 e. The summed E-state index contributed by atoms with van der Waals surface area (Å²) in [5.74, 6) is 2.93. The Morgan fingerprint density at radius 2 is 1.81 bits per heavy atom. The topological polar surface area (TPSA) is 55.4 Å². The average Bonchev–Trinajstić information content (AvgIpc) is 3.26. The van der Waals surface area contributed by atoms with Crippen molar-refractivity contribution in [2.75, 3.05) is 46.5 Å². The van der Waals surface area contributed by atoms with E-state index in [1.807, 2.05) is 30.3 Å². The summed E-state index contributed by atoms with van der Waals surface area (Å²) < 4.78 is 21.8. The first-order valence-corrected chi connectivity index (χ1v) is 10.8.